The van der Waals surface area contributed by atoms with Crippen LogP contribution in [0.25, 0.3) is 11.5 Å². The van der Waals surface area contributed by atoms with Gasteiger partial charge in [-0.2, -0.15) is 0 Å². The first-order valence-corrected chi connectivity index (χ1v) is 12.0. The van der Waals surface area contributed by atoms with E-state index in [-0.39, 0.29) is 22.8 Å². The SMILES string of the molecule is Cc1ccc(NC(=O)CSc2nnc(-c3ccc(NS(C)(=O)=O)cc3)o2)cc1Br. The molecule has 0 aliphatic heterocycles. The van der Waals surface area contributed by atoms with E-state index in [4.69, 9.17) is 4.42 Å². The van der Waals surface area contributed by atoms with Gasteiger partial charge in [0, 0.05) is 21.4 Å². The number of sulfonamides is 1. The fourth-order valence-electron chi connectivity index (χ4n) is 2.27. The van der Waals surface area contributed by atoms with Gasteiger partial charge in [-0.05, 0) is 48.9 Å². The Balaban J connectivity index is 1.57. The number of carbonyl (C=O) groups is 1. The lowest BCUT2D eigenvalue weighted by atomic mass is 10.2. The van der Waals surface area contributed by atoms with Crippen LogP contribution in [0, 0.1) is 6.92 Å². The van der Waals surface area contributed by atoms with Crippen LogP contribution < -0.4 is 10.0 Å². The Hall–Kier alpha value is -2.37. The van der Waals surface area contributed by atoms with Gasteiger partial charge >= 0.3 is 0 Å². The van der Waals surface area contributed by atoms with E-state index in [0.29, 0.717) is 16.9 Å². The molecule has 0 saturated carbocycles. The summed E-state index contributed by atoms with van der Waals surface area (Å²) in [6, 6.07) is 12.1. The van der Waals surface area contributed by atoms with E-state index in [1.807, 2.05) is 25.1 Å². The predicted octanol–water partition coefficient (Wildman–Crippen LogP) is 3.91. The van der Waals surface area contributed by atoms with Gasteiger partial charge in [0.1, 0.15) is 0 Å². The molecule has 0 aliphatic carbocycles. The summed E-state index contributed by atoms with van der Waals surface area (Å²) in [5, 5.41) is 11.0. The zero-order valence-electron chi connectivity index (χ0n) is 15.5. The minimum Gasteiger partial charge on any atom is -0.411 e. The molecule has 0 saturated heterocycles. The molecule has 3 rings (SSSR count). The van der Waals surface area contributed by atoms with Gasteiger partial charge in [0.2, 0.25) is 21.8 Å². The molecule has 0 unspecified atom stereocenters. The number of benzene rings is 2. The van der Waals surface area contributed by atoms with Crippen molar-refractivity contribution in [2.24, 2.45) is 0 Å². The van der Waals surface area contributed by atoms with Crippen LogP contribution in [-0.4, -0.2) is 36.5 Å². The molecule has 0 atom stereocenters. The van der Waals surface area contributed by atoms with Crippen molar-refractivity contribution in [3.05, 3.63) is 52.5 Å². The van der Waals surface area contributed by atoms with E-state index in [9.17, 15) is 13.2 Å². The lowest BCUT2D eigenvalue weighted by Crippen LogP contribution is -2.14. The van der Waals surface area contributed by atoms with Gasteiger partial charge in [0.25, 0.3) is 5.22 Å². The number of thioether (sulfide) groups is 1. The van der Waals surface area contributed by atoms with Gasteiger partial charge in [-0.1, -0.05) is 33.8 Å². The molecule has 1 heterocycles. The average Bonchev–Trinajstić information content (AvgIpc) is 3.11. The van der Waals surface area contributed by atoms with Gasteiger partial charge in [0.15, 0.2) is 0 Å². The van der Waals surface area contributed by atoms with Gasteiger partial charge < -0.3 is 9.73 Å². The second-order valence-corrected chi connectivity index (χ2v) is 9.65. The lowest BCUT2D eigenvalue weighted by Gasteiger charge is -2.06. The molecule has 3 aromatic rings. The van der Waals surface area contributed by atoms with Crippen molar-refractivity contribution >= 4 is 55.0 Å². The van der Waals surface area contributed by atoms with E-state index >= 15 is 0 Å². The Labute approximate surface area is 180 Å². The monoisotopic (exact) mass is 496 g/mol. The third kappa shape index (κ3) is 6.31. The van der Waals surface area contributed by atoms with Crippen LogP contribution in [0.15, 0.2) is 56.6 Å². The van der Waals surface area contributed by atoms with Crippen LogP contribution in [0.1, 0.15) is 5.56 Å². The summed E-state index contributed by atoms with van der Waals surface area (Å²) in [7, 11) is -3.34. The van der Waals surface area contributed by atoms with E-state index in [0.717, 1.165) is 28.1 Å². The first-order chi connectivity index (χ1) is 13.7. The molecule has 1 aromatic heterocycles. The molecular weight excluding hydrogens is 480 g/mol. The topological polar surface area (TPSA) is 114 Å². The normalized spacial score (nSPS) is 11.3. The third-order valence-corrected chi connectivity index (χ3v) is 5.90. The van der Waals surface area contributed by atoms with Crippen LogP contribution in [-0.2, 0) is 14.8 Å². The van der Waals surface area contributed by atoms with E-state index in [2.05, 4.69) is 36.2 Å². The van der Waals surface area contributed by atoms with Crippen LogP contribution >= 0.6 is 27.7 Å². The summed E-state index contributed by atoms with van der Waals surface area (Å²) in [4.78, 5) is 12.1. The average molecular weight is 497 g/mol. The van der Waals surface area contributed by atoms with Gasteiger partial charge in [-0.15, -0.1) is 10.2 Å². The molecule has 0 bridgehead atoms. The number of hydrogen-bond donors (Lipinski definition) is 2. The summed E-state index contributed by atoms with van der Waals surface area (Å²) >= 11 is 4.56. The second kappa shape index (κ2) is 8.97. The highest BCUT2D eigenvalue weighted by atomic mass is 79.9. The fourth-order valence-corrected chi connectivity index (χ4v) is 3.78. The van der Waals surface area contributed by atoms with Crippen LogP contribution in [0.2, 0.25) is 0 Å². The van der Waals surface area contributed by atoms with Crippen molar-refractivity contribution in [2.45, 2.75) is 12.1 Å². The minimum absolute atomic E-state index is 0.115. The van der Waals surface area contributed by atoms with Gasteiger partial charge in [-0.25, -0.2) is 8.42 Å². The van der Waals surface area contributed by atoms with E-state index < -0.39 is 10.0 Å². The number of carbonyl (C=O) groups excluding carboxylic acids is 1. The first-order valence-electron chi connectivity index (χ1n) is 8.30. The number of halogens is 1. The molecule has 1 amide bonds. The maximum absolute atomic E-state index is 12.1. The summed E-state index contributed by atoms with van der Waals surface area (Å²) in [6.07, 6.45) is 1.08. The summed E-state index contributed by atoms with van der Waals surface area (Å²) in [5.74, 6) is 0.202. The Morgan fingerprint density at radius 2 is 1.83 bits per heavy atom. The Kier molecular flexibility index (Phi) is 6.60. The zero-order chi connectivity index (χ0) is 21.0. The summed E-state index contributed by atoms with van der Waals surface area (Å²) in [5.41, 5.74) is 2.85. The number of nitrogens with one attached hydrogen (secondary N) is 2. The van der Waals surface area contributed by atoms with Crippen molar-refractivity contribution in [2.75, 3.05) is 22.0 Å². The number of nitrogens with zero attached hydrogens (tertiary/aromatic N) is 2. The molecular formula is C18H17BrN4O4S2. The maximum atomic E-state index is 12.1. The van der Waals surface area contributed by atoms with Crippen molar-refractivity contribution < 1.29 is 17.6 Å². The van der Waals surface area contributed by atoms with Gasteiger partial charge in [0.05, 0.1) is 12.0 Å². The molecule has 0 aliphatic rings. The standard InChI is InChI=1S/C18H17BrN4O4S2/c1-11-3-6-14(9-15(11)19)20-16(24)10-28-18-22-21-17(27-18)12-4-7-13(8-5-12)23-29(2,25)26/h3-9,23H,10H2,1-2H3,(H,20,24). The third-order valence-electron chi connectivity index (χ3n) is 3.62. The molecule has 8 nitrogen and oxygen atoms in total. The minimum atomic E-state index is -3.34. The lowest BCUT2D eigenvalue weighted by molar-refractivity contribution is -0.113. The first kappa shape index (κ1) is 21.3. The van der Waals surface area contributed by atoms with E-state index in [1.165, 1.54) is 0 Å². The predicted molar refractivity (Wildman–Crippen MR) is 116 cm³/mol. The van der Waals surface area contributed by atoms with Crippen molar-refractivity contribution in [1.82, 2.24) is 10.2 Å². The number of hydrogen-bond acceptors (Lipinski definition) is 7. The van der Waals surface area contributed by atoms with Gasteiger partial charge in [-0.3, -0.25) is 9.52 Å². The molecule has 0 fully saturated rings. The smallest absolute Gasteiger partial charge is 0.277 e. The zero-order valence-corrected chi connectivity index (χ0v) is 18.7. The molecule has 2 N–H and O–H groups in total. The van der Waals surface area contributed by atoms with Crippen molar-refractivity contribution in [3.63, 3.8) is 0 Å². The molecule has 2 aromatic carbocycles. The molecule has 11 heteroatoms. The Morgan fingerprint density at radius 3 is 2.48 bits per heavy atom. The molecule has 0 radical (unpaired) electrons. The van der Waals surface area contributed by atoms with Crippen molar-refractivity contribution in [1.29, 1.82) is 0 Å². The van der Waals surface area contributed by atoms with E-state index in [1.54, 1.807) is 24.3 Å². The highest BCUT2D eigenvalue weighted by Gasteiger charge is 2.12. The quantitative estimate of drug-likeness (QED) is 0.476. The van der Waals surface area contributed by atoms with Crippen LogP contribution in [0.3, 0.4) is 0 Å². The highest BCUT2D eigenvalue weighted by molar-refractivity contribution is 9.10. The van der Waals surface area contributed by atoms with Crippen LogP contribution in [0.4, 0.5) is 11.4 Å². The number of aryl methyl sites for hydroxylation is 1. The summed E-state index contributed by atoms with van der Waals surface area (Å²) in [6.45, 7) is 1.97. The number of rotatable bonds is 7. The summed E-state index contributed by atoms with van der Waals surface area (Å²) < 4.78 is 31.3. The Morgan fingerprint density at radius 1 is 1.14 bits per heavy atom. The number of amides is 1. The van der Waals surface area contributed by atoms with Crippen LogP contribution in [0.5, 0.6) is 0 Å². The Bertz CT molecular complexity index is 1130. The largest absolute Gasteiger partial charge is 0.411 e. The fraction of sp³-hybridized carbons (Fsp3) is 0.167. The maximum Gasteiger partial charge on any atom is 0.277 e. The molecule has 152 valence electrons. The number of aromatic nitrogens is 2. The molecule has 29 heavy (non-hydrogen) atoms. The van der Waals surface area contributed by atoms with Crippen molar-refractivity contribution in [3.8, 4) is 11.5 Å². The number of anilines is 2. The highest BCUT2D eigenvalue weighted by Crippen LogP contribution is 2.25. The molecule has 0 spiro atoms. The second-order valence-electron chi connectivity index (χ2n) is 6.13.